The monoisotopic (exact) mass is 220 g/mol. The molecule has 1 aromatic carbocycles. The topological polar surface area (TPSA) is 26.3 Å². The maximum atomic E-state index is 10.5. The molecule has 0 aliphatic heterocycles. The maximum Gasteiger partial charge on any atom is 0.389 e. The number of para-hydroxylation sites is 1. The summed E-state index contributed by atoms with van der Waals surface area (Å²) in [4.78, 5) is 10.5. The third-order valence-electron chi connectivity index (χ3n) is 1.07. The Kier molecular flexibility index (Phi) is 5.91. The summed E-state index contributed by atoms with van der Waals surface area (Å²) in [7, 11) is 8.50. The number of rotatable bonds is 1. The molecule has 0 saturated heterocycles. The molecule has 16 heavy (non-hydrogen) atoms. The molecule has 1 aromatic rings. The van der Waals surface area contributed by atoms with Crippen LogP contribution in [0.1, 0.15) is 0 Å². The molecular formula is C13H18NO2+. The molecule has 3 heteroatoms. The van der Waals surface area contributed by atoms with Gasteiger partial charge in [-0.2, -0.15) is 0 Å². The van der Waals surface area contributed by atoms with E-state index in [1.165, 1.54) is 0 Å². The zero-order valence-electron chi connectivity index (χ0n) is 10.2. The number of quaternary nitrogens is 1. The van der Waals surface area contributed by atoms with Crippen LogP contribution >= 0.6 is 0 Å². The highest BCUT2D eigenvalue weighted by molar-refractivity contribution is 5.89. The van der Waals surface area contributed by atoms with Crippen LogP contribution in [0.5, 0.6) is 5.75 Å². The first kappa shape index (κ1) is 14.2. The van der Waals surface area contributed by atoms with Gasteiger partial charge in [0.25, 0.3) is 0 Å². The maximum absolute atomic E-state index is 10.5. The van der Waals surface area contributed by atoms with Crippen LogP contribution in [0.2, 0.25) is 0 Å². The van der Waals surface area contributed by atoms with E-state index in [-0.39, 0.29) is 0 Å². The van der Waals surface area contributed by atoms with Gasteiger partial charge in [-0.1, -0.05) is 18.2 Å². The fourth-order valence-corrected chi connectivity index (χ4v) is 0.625. The van der Waals surface area contributed by atoms with Crippen molar-refractivity contribution in [1.29, 1.82) is 0 Å². The normalized spacial score (nSPS) is 9.44. The summed E-state index contributed by atoms with van der Waals surface area (Å²) < 4.78 is 5.69. The molecule has 0 heterocycles. The van der Waals surface area contributed by atoms with Gasteiger partial charge in [0.1, 0.15) is 5.75 Å². The molecule has 0 N–H and O–H groups in total. The third-order valence-corrected chi connectivity index (χ3v) is 1.07. The van der Waals surface area contributed by atoms with Crippen molar-refractivity contribution in [2.75, 3.05) is 28.2 Å². The minimum absolute atomic E-state index is 0.468. The van der Waals surface area contributed by atoms with E-state index in [4.69, 9.17) is 6.42 Å². The van der Waals surface area contributed by atoms with E-state index in [0.29, 0.717) is 5.75 Å². The number of esters is 1. The van der Waals surface area contributed by atoms with E-state index in [1.807, 2.05) is 12.0 Å². The van der Waals surface area contributed by atoms with Crippen LogP contribution in [0.4, 0.5) is 0 Å². The first-order chi connectivity index (χ1) is 7.33. The van der Waals surface area contributed by atoms with E-state index in [1.54, 1.807) is 24.3 Å². The number of carbonyl (C=O) groups is 1. The molecule has 0 saturated carbocycles. The van der Waals surface area contributed by atoms with E-state index in [2.05, 4.69) is 32.9 Å². The van der Waals surface area contributed by atoms with Gasteiger partial charge in [0.2, 0.25) is 0 Å². The highest BCUT2D eigenvalue weighted by Crippen LogP contribution is 2.07. The van der Waals surface area contributed by atoms with Crippen LogP contribution < -0.4 is 4.74 Å². The molecular weight excluding hydrogens is 202 g/mol. The molecule has 0 radical (unpaired) electrons. The minimum atomic E-state index is -0.670. The summed E-state index contributed by atoms with van der Waals surface area (Å²) in [5.74, 6) is 1.65. The first-order valence-electron chi connectivity index (χ1n) is 4.85. The Morgan fingerprint density at radius 2 is 1.62 bits per heavy atom. The molecule has 3 nitrogen and oxygen atoms in total. The molecule has 0 aliphatic rings. The fourth-order valence-electron chi connectivity index (χ4n) is 0.625. The second-order valence-corrected chi connectivity index (χ2v) is 4.53. The van der Waals surface area contributed by atoms with Crippen molar-refractivity contribution < 1.29 is 14.0 Å². The standard InChI is InChI=1S/C9H6O2.C4H12N/c1-2-9(10)11-8-6-4-3-5-7-8;1-5(2,3)4/h1,3-7H;1-4H3/q;+1. The number of ether oxygens (including phenoxy) is 1. The number of benzene rings is 1. The minimum Gasteiger partial charge on any atom is -0.417 e. The van der Waals surface area contributed by atoms with Gasteiger partial charge < -0.3 is 9.22 Å². The molecule has 0 aliphatic carbocycles. The van der Waals surface area contributed by atoms with Gasteiger partial charge in [-0.15, -0.1) is 6.42 Å². The van der Waals surface area contributed by atoms with Crippen molar-refractivity contribution in [1.82, 2.24) is 0 Å². The fraction of sp³-hybridized carbons (Fsp3) is 0.308. The molecule has 0 bridgehead atoms. The van der Waals surface area contributed by atoms with Crippen LogP contribution in [-0.4, -0.2) is 38.6 Å². The Morgan fingerprint density at radius 3 is 2.00 bits per heavy atom. The zero-order chi connectivity index (χ0) is 12.6. The molecule has 0 amide bonds. The predicted molar refractivity (Wildman–Crippen MR) is 64.9 cm³/mol. The summed E-state index contributed by atoms with van der Waals surface area (Å²) in [5.41, 5.74) is 0. The van der Waals surface area contributed by atoms with Crippen LogP contribution in [0.15, 0.2) is 30.3 Å². The molecule has 0 spiro atoms. The van der Waals surface area contributed by atoms with Gasteiger partial charge >= 0.3 is 5.97 Å². The Hall–Kier alpha value is -1.79. The van der Waals surface area contributed by atoms with Crippen molar-refractivity contribution in [3.05, 3.63) is 30.3 Å². The van der Waals surface area contributed by atoms with E-state index in [0.717, 1.165) is 4.48 Å². The van der Waals surface area contributed by atoms with Crippen molar-refractivity contribution in [2.24, 2.45) is 0 Å². The average Bonchev–Trinajstić information content (AvgIpc) is 2.16. The van der Waals surface area contributed by atoms with Gasteiger partial charge in [0.05, 0.1) is 28.2 Å². The van der Waals surface area contributed by atoms with Gasteiger partial charge in [-0.25, -0.2) is 4.79 Å². The SMILES string of the molecule is C#CC(=O)Oc1ccccc1.C[N+](C)(C)C. The number of carbonyl (C=O) groups excluding carboxylic acids is 1. The van der Waals surface area contributed by atoms with Gasteiger partial charge in [0, 0.05) is 5.92 Å². The molecule has 1 rings (SSSR count). The lowest BCUT2D eigenvalue weighted by Crippen LogP contribution is -2.27. The van der Waals surface area contributed by atoms with Crippen molar-refractivity contribution >= 4 is 5.97 Å². The molecule has 0 unspecified atom stereocenters. The van der Waals surface area contributed by atoms with Gasteiger partial charge in [-0.3, -0.25) is 0 Å². The highest BCUT2D eigenvalue weighted by Gasteiger charge is 1.96. The number of nitrogens with zero attached hydrogens (tertiary/aromatic N) is 1. The van der Waals surface area contributed by atoms with Gasteiger partial charge in [-0.05, 0) is 12.1 Å². The quantitative estimate of drug-likeness (QED) is 0.236. The first-order valence-corrected chi connectivity index (χ1v) is 4.85. The number of hydrogen-bond acceptors (Lipinski definition) is 2. The Labute approximate surface area is 97.2 Å². The second-order valence-electron chi connectivity index (χ2n) is 4.53. The predicted octanol–water partition coefficient (Wildman–Crippen LogP) is 1.55. The highest BCUT2D eigenvalue weighted by atomic mass is 16.5. The average molecular weight is 220 g/mol. The van der Waals surface area contributed by atoms with Crippen LogP contribution in [-0.2, 0) is 4.79 Å². The van der Waals surface area contributed by atoms with Crippen molar-refractivity contribution in [3.8, 4) is 18.1 Å². The Balaban J connectivity index is 0.000000385. The number of hydrogen-bond donors (Lipinski definition) is 0. The molecule has 0 atom stereocenters. The summed E-state index contributed by atoms with van der Waals surface area (Å²) in [5, 5.41) is 0. The lowest BCUT2D eigenvalue weighted by Gasteiger charge is -2.14. The largest absolute Gasteiger partial charge is 0.417 e. The third kappa shape index (κ3) is 10.3. The summed E-state index contributed by atoms with van der Waals surface area (Å²) in [6, 6.07) is 8.68. The van der Waals surface area contributed by atoms with Crippen molar-refractivity contribution in [3.63, 3.8) is 0 Å². The van der Waals surface area contributed by atoms with Crippen molar-refractivity contribution in [2.45, 2.75) is 0 Å². The molecule has 0 fully saturated rings. The smallest absolute Gasteiger partial charge is 0.389 e. The summed E-state index contributed by atoms with van der Waals surface area (Å²) >= 11 is 0. The molecule has 86 valence electrons. The van der Waals surface area contributed by atoms with Crippen LogP contribution in [0.25, 0.3) is 0 Å². The van der Waals surface area contributed by atoms with Gasteiger partial charge in [0.15, 0.2) is 0 Å². The zero-order valence-corrected chi connectivity index (χ0v) is 10.2. The Morgan fingerprint density at radius 1 is 1.19 bits per heavy atom. The van der Waals surface area contributed by atoms with Crippen LogP contribution in [0, 0.1) is 12.3 Å². The summed E-state index contributed by atoms with van der Waals surface area (Å²) in [6.45, 7) is 0. The second kappa shape index (κ2) is 6.65. The van der Waals surface area contributed by atoms with E-state index >= 15 is 0 Å². The summed E-state index contributed by atoms with van der Waals surface area (Å²) in [6.07, 6.45) is 4.80. The van der Waals surface area contributed by atoms with Crippen LogP contribution in [0.3, 0.4) is 0 Å². The molecule has 0 aromatic heterocycles. The lowest BCUT2D eigenvalue weighted by molar-refractivity contribution is -0.849. The van der Waals surface area contributed by atoms with E-state index < -0.39 is 5.97 Å². The Bertz CT molecular complexity index is 352. The van der Waals surface area contributed by atoms with E-state index in [9.17, 15) is 4.79 Å². The number of terminal acetylenes is 1. The lowest BCUT2D eigenvalue weighted by atomic mass is 10.3.